The monoisotopic (exact) mass is 365 g/mol. The minimum absolute atomic E-state index is 0.0825. The minimum Gasteiger partial charge on any atom is -0.359 e. The summed E-state index contributed by atoms with van der Waals surface area (Å²) in [4.78, 5) is 35.5. The first-order valence-corrected chi connectivity index (χ1v) is 8.55. The van der Waals surface area contributed by atoms with Gasteiger partial charge in [-0.25, -0.2) is 0 Å². The summed E-state index contributed by atoms with van der Waals surface area (Å²) in [6, 6.07) is 14.6. The van der Waals surface area contributed by atoms with Crippen LogP contribution in [-0.4, -0.2) is 24.8 Å². The van der Waals surface area contributed by atoms with Crippen LogP contribution in [0.4, 0.5) is 5.69 Å². The van der Waals surface area contributed by atoms with E-state index < -0.39 is 5.91 Å². The van der Waals surface area contributed by atoms with Crippen LogP contribution in [0.3, 0.4) is 0 Å². The van der Waals surface area contributed by atoms with Gasteiger partial charge in [0.25, 0.3) is 5.91 Å². The molecule has 0 atom stereocenters. The second-order valence-electron chi connectivity index (χ2n) is 6.10. The minimum atomic E-state index is -0.424. The lowest BCUT2D eigenvalue weighted by Crippen LogP contribution is -2.29. The molecule has 0 aliphatic rings. The fraction of sp³-hybridized carbons (Fsp3) is 0.190. The Labute approximate surface area is 158 Å². The Morgan fingerprint density at radius 3 is 2.26 bits per heavy atom. The van der Waals surface area contributed by atoms with Crippen molar-refractivity contribution in [2.45, 2.75) is 20.3 Å². The molecule has 0 radical (unpaired) electrons. The van der Waals surface area contributed by atoms with Crippen LogP contribution in [0, 0.1) is 6.92 Å². The predicted octanol–water partition coefficient (Wildman–Crippen LogP) is 2.40. The molecule has 6 nitrogen and oxygen atoms in total. The van der Waals surface area contributed by atoms with Gasteiger partial charge in [-0.1, -0.05) is 36.4 Å². The van der Waals surface area contributed by atoms with Crippen molar-refractivity contribution < 1.29 is 14.4 Å². The van der Waals surface area contributed by atoms with Crippen LogP contribution in [0.15, 0.2) is 54.2 Å². The zero-order valence-corrected chi connectivity index (χ0v) is 15.6. The normalized spacial score (nSPS) is 10.9. The van der Waals surface area contributed by atoms with E-state index in [0.717, 1.165) is 16.7 Å². The second kappa shape index (κ2) is 9.33. The standard InChI is InChI=1S/C21H23N3O3/c1-14-6-4-5-7-17(14)13-19(23-15(2)25)21(27)24-18-10-8-16(9-11-18)12-20(26)22-3/h4-11,13H,12H2,1-3H3,(H,22,26)(H,23,25)(H,24,27)/b19-13-. The Morgan fingerprint density at radius 1 is 1.00 bits per heavy atom. The zero-order valence-electron chi connectivity index (χ0n) is 15.6. The molecule has 0 aliphatic carbocycles. The first-order chi connectivity index (χ1) is 12.9. The van der Waals surface area contributed by atoms with Crippen LogP contribution in [0.1, 0.15) is 23.6 Å². The number of anilines is 1. The molecular weight excluding hydrogens is 342 g/mol. The summed E-state index contributed by atoms with van der Waals surface area (Å²) in [7, 11) is 1.58. The Bertz CT molecular complexity index is 870. The summed E-state index contributed by atoms with van der Waals surface area (Å²) < 4.78 is 0. The van der Waals surface area contributed by atoms with E-state index in [0.29, 0.717) is 5.69 Å². The van der Waals surface area contributed by atoms with E-state index in [1.165, 1.54) is 6.92 Å². The molecule has 2 aromatic rings. The number of nitrogens with one attached hydrogen (secondary N) is 3. The highest BCUT2D eigenvalue weighted by atomic mass is 16.2. The molecule has 0 fully saturated rings. The molecule has 2 aromatic carbocycles. The number of carbonyl (C=O) groups is 3. The van der Waals surface area contributed by atoms with E-state index in [-0.39, 0.29) is 23.9 Å². The summed E-state index contributed by atoms with van der Waals surface area (Å²) in [5, 5.41) is 7.90. The highest BCUT2D eigenvalue weighted by Gasteiger charge is 2.12. The van der Waals surface area contributed by atoms with E-state index in [9.17, 15) is 14.4 Å². The van der Waals surface area contributed by atoms with E-state index in [2.05, 4.69) is 16.0 Å². The third kappa shape index (κ3) is 6.11. The zero-order chi connectivity index (χ0) is 19.8. The van der Waals surface area contributed by atoms with E-state index in [4.69, 9.17) is 0 Å². The van der Waals surface area contributed by atoms with E-state index in [1.807, 2.05) is 31.2 Å². The third-order valence-corrected chi connectivity index (χ3v) is 3.90. The molecule has 0 saturated heterocycles. The van der Waals surface area contributed by atoms with Crippen LogP contribution in [0.2, 0.25) is 0 Å². The van der Waals surface area contributed by atoms with Gasteiger partial charge >= 0.3 is 0 Å². The third-order valence-electron chi connectivity index (χ3n) is 3.90. The number of carbonyl (C=O) groups excluding carboxylic acids is 3. The van der Waals surface area contributed by atoms with E-state index >= 15 is 0 Å². The van der Waals surface area contributed by atoms with Gasteiger partial charge in [-0.15, -0.1) is 0 Å². The van der Waals surface area contributed by atoms with Crippen LogP contribution < -0.4 is 16.0 Å². The first-order valence-electron chi connectivity index (χ1n) is 8.55. The Kier molecular flexibility index (Phi) is 6.88. The first kappa shape index (κ1) is 19.9. The van der Waals surface area contributed by atoms with Gasteiger partial charge in [-0.2, -0.15) is 0 Å². The van der Waals surface area contributed by atoms with Crippen molar-refractivity contribution >= 4 is 29.5 Å². The highest BCUT2D eigenvalue weighted by Crippen LogP contribution is 2.14. The molecule has 0 bridgehead atoms. The number of amides is 3. The Morgan fingerprint density at radius 2 is 1.67 bits per heavy atom. The summed E-state index contributed by atoms with van der Waals surface area (Å²) in [6.45, 7) is 3.28. The summed E-state index contributed by atoms with van der Waals surface area (Å²) >= 11 is 0. The topological polar surface area (TPSA) is 87.3 Å². The average Bonchev–Trinajstić information content (AvgIpc) is 2.64. The van der Waals surface area contributed by atoms with E-state index in [1.54, 1.807) is 37.4 Å². The molecule has 0 spiro atoms. The average molecular weight is 365 g/mol. The number of hydrogen-bond donors (Lipinski definition) is 3. The molecule has 0 saturated carbocycles. The number of rotatable bonds is 6. The number of benzene rings is 2. The number of hydrogen-bond acceptors (Lipinski definition) is 3. The molecule has 6 heteroatoms. The fourth-order valence-corrected chi connectivity index (χ4v) is 2.43. The lowest BCUT2D eigenvalue weighted by atomic mass is 10.1. The lowest BCUT2D eigenvalue weighted by molar-refractivity contribution is -0.120. The predicted molar refractivity (Wildman–Crippen MR) is 106 cm³/mol. The van der Waals surface area contributed by atoms with Crippen LogP contribution >= 0.6 is 0 Å². The van der Waals surface area contributed by atoms with Crippen LogP contribution in [0.5, 0.6) is 0 Å². The van der Waals surface area contributed by atoms with Crippen molar-refractivity contribution in [3.05, 3.63) is 70.9 Å². The van der Waals surface area contributed by atoms with Gasteiger partial charge in [0.2, 0.25) is 11.8 Å². The van der Waals surface area contributed by atoms with Gasteiger partial charge in [0.05, 0.1) is 6.42 Å². The molecule has 140 valence electrons. The van der Waals surface area contributed by atoms with Crippen molar-refractivity contribution in [1.82, 2.24) is 10.6 Å². The van der Waals surface area contributed by atoms with Crippen molar-refractivity contribution in [3.8, 4) is 0 Å². The molecule has 0 aliphatic heterocycles. The quantitative estimate of drug-likeness (QED) is 0.687. The highest BCUT2D eigenvalue weighted by molar-refractivity contribution is 6.08. The molecule has 27 heavy (non-hydrogen) atoms. The molecule has 2 rings (SSSR count). The molecular formula is C21H23N3O3. The van der Waals surface area contributed by atoms with Crippen molar-refractivity contribution in [3.63, 3.8) is 0 Å². The fourth-order valence-electron chi connectivity index (χ4n) is 2.43. The maximum Gasteiger partial charge on any atom is 0.272 e. The largest absolute Gasteiger partial charge is 0.359 e. The molecule has 3 amide bonds. The number of likely N-dealkylation sites (N-methyl/N-ethyl adjacent to an activating group) is 1. The Hall–Kier alpha value is -3.41. The molecule has 0 unspecified atom stereocenters. The van der Waals surface area contributed by atoms with Gasteiger partial charge in [-0.05, 0) is 41.8 Å². The number of aryl methyl sites for hydroxylation is 1. The van der Waals surface area contributed by atoms with Crippen LogP contribution in [-0.2, 0) is 20.8 Å². The van der Waals surface area contributed by atoms with Gasteiger partial charge in [0.15, 0.2) is 0 Å². The molecule has 0 heterocycles. The Balaban J connectivity index is 2.17. The van der Waals surface area contributed by atoms with Crippen molar-refractivity contribution in [2.24, 2.45) is 0 Å². The maximum atomic E-state index is 12.6. The lowest BCUT2D eigenvalue weighted by Gasteiger charge is -2.11. The summed E-state index contributed by atoms with van der Waals surface area (Å²) in [6.07, 6.45) is 1.92. The maximum absolute atomic E-state index is 12.6. The summed E-state index contributed by atoms with van der Waals surface area (Å²) in [5.41, 5.74) is 3.40. The van der Waals surface area contributed by atoms with Gasteiger partial charge in [0, 0.05) is 19.7 Å². The summed E-state index contributed by atoms with van der Waals surface area (Å²) in [5.74, 6) is -0.834. The SMILES string of the molecule is CNC(=O)Cc1ccc(NC(=O)/C(=C/c2ccccc2C)NC(C)=O)cc1. The van der Waals surface area contributed by atoms with Gasteiger partial charge in [-0.3, -0.25) is 14.4 Å². The smallest absolute Gasteiger partial charge is 0.272 e. The van der Waals surface area contributed by atoms with Gasteiger partial charge < -0.3 is 16.0 Å². The van der Waals surface area contributed by atoms with Crippen LogP contribution in [0.25, 0.3) is 6.08 Å². The van der Waals surface area contributed by atoms with Crippen molar-refractivity contribution in [2.75, 3.05) is 12.4 Å². The second-order valence-corrected chi connectivity index (χ2v) is 6.10. The molecule has 3 N–H and O–H groups in total. The molecule has 0 aromatic heterocycles. The van der Waals surface area contributed by atoms with Gasteiger partial charge in [0.1, 0.15) is 5.70 Å². The van der Waals surface area contributed by atoms with Crippen molar-refractivity contribution in [1.29, 1.82) is 0 Å².